The first-order chi connectivity index (χ1) is 10.0. The highest BCUT2D eigenvalue weighted by atomic mass is 16.1. The number of nitrogens with one attached hydrogen (secondary N) is 1. The van der Waals surface area contributed by atoms with Gasteiger partial charge in [-0.25, -0.2) is 4.98 Å². The molecule has 3 N–H and O–H groups in total. The summed E-state index contributed by atoms with van der Waals surface area (Å²) in [6.45, 7) is 3.06. The number of benzene rings is 1. The number of nitrogens with zero attached hydrogens (tertiary/aromatic N) is 3. The quantitative estimate of drug-likeness (QED) is 0.638. The van der Waals surface area contributed by atoms with E-state index < -0.39 is 0 Å². The second kappa shape index (κ2) is 6.21. The van der Waals surface area contributed by atoms with E-state index >= 15 is 0 Å². The Morgan fingerprint density at radius 1 is 1.48 bits per heavy atom. The van der Waals surface area contributed by atoms with Crippen molar-refractivity contribution in [1.29, 1.82) is 5.41 Å². The van der Waals surface area contributed by atoms with Crippen molar-refractivity contribution in [1.82, 2.24) is 9.55 Å². The minimum Gasteiger partial charge on any atom is -0.384 e. The molecule has 0 unspecified atom stereocenters. The fourth-order valence-corrected chi connectivity index (χ4v) is 2.13. The Balaban J connectivity index is 2.26. The summed E-state index contributed by atoms with van der Waals surface area (Å²) in [5.41, 5.74) is 7.03. The number of anilines is 1. The lowest BCUT2D eigenvalue weighted by Crippen LogP contribution is -2.30. The molecule has 21 heavy (non-hydrogen) atoms. The van der Waals surface area contributed by atoms with Gasteiger partial charge in [0.05, 0.1) is 0 Å². The van der Waals surface area contributed by atoms with E-state index in [9.17, 15) is 4.79 Å². The highest BCUT2D eigenvalue weighted by molar-refractivity contribution is 5.95. The van der Waals surface area contributed by atoms with Crippen LogP contribution in [0, 0.1) is 5.41 Å². The van der Waals surface area contributed by atoms with Crippen LogP contribution in [0.25, 0.3) is 0 Å². The molecule has 1 aromatic carbocycles. The predicted molar refractivity (Wildman–Crippen MR) is 83.7 cm³/mol. The molecule has 2 rings (SSSR count). The molecule has 1 aromatic heterocycles. The van der Waals surface area contributed by atoms with Crippen LogP contribution >= 0.6 is 0 Å². The van der Waals surface area contributed by atoms with E-state index in [4.69, 9.17) is 11.1 Å². The largest absolute Gasteiger partial charge is 0.384 e. The summed E-state index contributed by atoms with van der Waals surface area (Å²) < 4.78 is 1.62. The van der Waals surface area contributed by atoms with Gasteiger partial charge in [-0.1, -0.05) is 18.2 Å². The average Bonchev–Trinajstić information content (AvgIpc) is 2.47. The lowest BCUT2D eigenvalue weighted by atomic mass is 10.1. The first-order valence-electron chi connectivity index (χ1n) is 6.73. The lowest BCUT2D eigenvalue weighted by Gasteiger charge is -2.18. The summed E-state index contributed by atoms with van der Waals surface area (Å²) in [6.07, 6.45) is 3.30. The average molecular weight is 285 g/mol. The summed E-state index contributed by atoms with van der Waals surface area (Å²) in [5, 5.41) is 7.46. The van der Waals surface area contributed by atoms with E-state index in [1.807, 2.05) is 32.2 Å². The van der Waals surface area contributed by atoms with Crippen LogP contribution in [-0.4, -0.2) is 22.4 Å². The summed E-state index contributed by atoms with van der Waals surface area (Å²) in [6, 6.07) is 7.42. The zero-order valence-corrected chi connectivity index (χ0v) is 12.2. The summed E-state index contributed by atoms with van der Waals surface area (Å²) >= 11 is 0. The fourth-order valence-electron chi connectivity index (χ4n) is 2.13. The number of hydrogen-bond donors (Lipinski definition) is 2. The molecule has 0 fully saturated rings. The first kappa shape index (κ1) is 14.8. The third-order valence-electron chi connectivity index (χ3n) is 3.26. The molecule has 1 heterocycles. The summed E-state index contributed by atoms with van der Waals surface area (Å²) in [5.74, 6) is 0.443. The molecule has 0 spiro atoms. The molecule has 0 amide bonds. The maximum absolute atomic E-state index is 12.2. The molecule has 6 nitrogen and oxygen atoms in total. The molecule has 0 atom stereocenters. The second-order valence-corrected chi connectivity index (χ2v) is 4.81. The molecule has 0 aliphatic carbocycles. The molecule has 6 heteroatoms. The van der Waals surface area contributed by atoms with Crippen LogP contribution in [0.15, 0.2) is 41.5 Å². The summed E-state index contributed by atoms with van der Waals surface area (Å²) in [7, 11) is 1.82. The van der Waals surface area contributed by atoms with E-state index in [1.165, 1.54) is 0 Å². The number of aryl methyl sites for hydroxylation is 1. The maximum atomic E-state index is 12.2. The zero-order valence-electron chi connectivity index (χ0n) is 12.2. The third-order valence-corrected chi connectivity index (χ3v) is 3.26. The second-order valence-electron chi connectivity index (χ2n) is 4.81. The van der Waals surface area contributed by atoms with Gasteiger partial charge in [-0.15, -0.1) is 0 Å². The SMILES string of the molecule is CCn1ccnc(N(C)Cc2cccc(C(=N)N)c2)c1=O. The number of aromatic nitrogens is 2. The number of nitrogen functional groups attached to an aromatic ring is 1. The minimum absolute atomic E-state index is 0.0330. The van der Waals surface area contributed by atoms with Gasteiger partial charge in [0.1, 0.15) is 5.84 Å². The molecular formula is C15H19N5O. The van der Waals surface area contributed by atoms with Crippen molar-refractivity contribution in [2.45, 2.75) is 20.0 Å². The first-order valence-corrected chi connectivity index (χ1v) is 6.73. The van der Waals surface area contributed by atoms with Crippen LogP contribution in [0.2, 0.25) is 0 Å². The Kier molecular flexibility index (Phi) is 4.37. The molecule has 0 aliphatic rings. The van der Waals surface area contributed by atoms with Gasteiger partial charge < -0.3 is 15.2 Å². The van der Waals surface area contributed by atoms with Gasteiger partial charge in [0.2, 0.25) is 0 Å². The van der Waals surface area contributed by atoms with Crippen molar-refractivity contribution >= 4 is 11.7 Å². The van der Waals surface area contributed by atoms with Gasteiger partial charge in [-0.2, -0.15) is 0 Å². The molecule has 0 saturated carbocycles. The van der Waals surface area contributed by atoms with E-state index in [0.29, 0.717) is 24.5 Å². The Morgan fingerprint density at radius 2 is 2.24 bits per heavy atom. The van der Waals surface area contributed by atoms with Crippen LogP contribution in [-0.2, 0) is 13.1 Å². The van der Waals surface area contributed by atoms with Gasteiger partial charge in [-0.05, 0) is 18.6 Å². The monoisotopic (exact) mass is 285 g/mol. The number of amidine groups is 1. The van der Waals surface area contributed by atoms with E-state index in [1.54, 1.807) is 27.9 Å². The van der Waals surface area contributed by atoms with Gasteiger partial charge in [-0.3, -0.25) is 10.2 Å². The lowest BCUT2D eigenvalue weighted by molar-refractivity contribution is 0.708. The fraction of sp³-hybridized carbons (Fsp3) is 0.267. The Hall–Kier alpha value is -2.63. The van der Waals surface area contributed by atoms with Gasteiger partial charge in [0, 0.05) is 38.1 Å². The van der Waals surface area contributed by atoms with Crippen molar-refractivity contribution in [3.8, 4) is 0 Å². The Labute approximate surface area is 123 Å². The Morgan fingerprint density at radius 3 is 2.90 bits per heavy atom. The number of nitrogens with two attached hydrogens (primary N) is 1. The van der Waals surface area contributed by atoms with Crippen molar-refractivity contribution in [2.75, 3.05) is 11.9 Å². The van der Waals surface area contributed by atoms with Gasteiger partial charge in [0.25, 0.3) is 5.56 Å². The molecule has 110 valence electrons. The molecule has 0 saturated heterocycles. The van der Waals surface area contributed by atoms with Crippen molar-refractivity contribution < 1.29 is 0 Å². The van der Waals surface area contributed by atoms with Crippen LogP contribution in [0.3, 0.4) is 0 Å². The van der Waals surface area contributed by atoms with Crippen molar-refractivity contribution in [3.63, 3.8) is 0 Å². The summed E-state index contributed by atoms with van der Waals surface area (Å²) in [4.78, 5) is 18.2. The molecule has 0 radical (unpaired) electrons. The Bertz CT molecular complexity index is 707. The highest BCUT2D eigenvalue weighted by Crippen LogP contribution is 2.10. The maximum Gasteiger partial charge on any atom is 0.293 e. The van der Waals surface area contributed by atoms with E-state index in [2.05, 4.69) is 4.98 Å². The topological polar surface area (TPSA) is 88.0 Å². The van der Waals surface area contributed by atoms with Crippen LogP contribution in [0.5, 0.6) is 0 Å². The predicted octanol–water partition coefficient (Wildman–Crippen LogP) is 1.18. The van der Waals surface area contributed by atoms with Crippen LogP contribution < -0.4 is 16.2 Å². The van der Waals surface area contributed by atoms with E-state index in [0.717, 1.165) is 5.56 Å². The van der Waals surface area contributed by atoms with Crippen LogP contribution in [0.4, 0.5) is 5.82 Å². The van der Waals surface area contributed by atoms with Crippen molar-refractivity contribution in [3.05, 3.63) is 58.1 Å². The number of rotatable bonds is 5. The normalized spacial score (nSPS) is 10.4. The third kappa shape index (κ3) is 3.28. The smallest absolute Gasteiger partial charge is 0.293 e. The van der Waals surface area contributed by atoms with Gasteiger partial charge >= 0.3 is 0 Å². The molecule has 2 aromatic rings. The van der Waals surface area contributed by atoms with Crippen molar-refractivity contribution in [2.24, 2.45) is 5.73 Å². The zero-order chi connectivity index (χ0) is 15.4. The van der Waals surface area contributed by atoms with E-state index in [-0.39, 0.29) is 11.4 Å². The van der Waals surface area contributed by atoms with Crippen LogP contribution in [0.1, 0.15) is 18.1 Å². The standard InChI is InChI=1S/C15H19N5O/c1-3-20-8-7-18-14(15(20)21)19(2)10-11-5-4-6-12(9-11)13(16)17/h4-9H,3,10H2,1-2H3,(H3,16,17). The number of hydrogen-bond acceptors (Lipinski definition) is 4. The highest BCUT2D eigenvalue weighted by Gasteiger charge is 2.10. The minimum atomic E-state index is -0.106. The van der Waals surface area contributed by atoms with Gasteiger partial charge in [0.15, 0.2) is 5.82 Å². The molecule has 0 aliphatic heterocycles. The molecule has 0 bridgehead atoms. The molecular weight excluding hydrogens is 266 g/mol.